The van der Waals surface area contributed by atoms with Gasteiger partial charge in [-0.15, -0.1) is 0 Å². The number of carboxylic acid groups (broad SMARTS) is 1. The van der Waals surface area contributed by atoms with Crippen LogP contribution in [-0.2, 0) is 0 Å². The fourth-order valence-electron chi connectivity index (χ4n) is 1.45. The molecule has 86 valence electrons. The van der Waals surface area contributed by atoms with Crippen molar-refractivity contribution in [1.82, 2.24) is 14.8 Å². The predicted octanol–water partition coefficient (Wildman–Crippen LogP) is 1.09. The summed E-state index contributed by atoms with van der Waals surface area (Å²) in [5.74, 6) is -1.03. The van der Waals surface area contributed by atoms with Crippen LogP contribution in [0.2, 0.25) is 0 Å². The molecule has 2 aromatic rings. The smallest absolute Gasteiger partial charge is 0.339 e. The number of aryl methyl sites for hydroxylation is 1. The molecule has 0 aliphatic rings. The Morgan fingerprint density at radius 1 is 1.53 bits per heavy atom. The molecule has 0 unspecified atom stereocenters. The second kappa shape index (κ2) is 4.17. The number of pyridine rings is 1. The topological polar surface area (TPSA) is 85.1 Å². The minimum Gasteiger partial charge on any atom is -0.478 e. The van der Waals surface area contributed by atoms with Gasteiger partial charge in [-0.3, -0.25) is 9.78 Å². The van der Waals surface area contributed by atoms with E-state index in [0.29, 0.717) is 17.7 Å². The molecule has 0 saturated carbocycles. The first-order chi connectivity index (χ1) is 8.11. The fraction of sp³-hybridized carbons (Fsp3) is 0.0909. The number of carboxylic acids is 1. The summed E-state index contributed by atoms with van der Waals surface area (Å²) < 4.78 is 1.41. The SMILES string of the molecule is Cc1nn(-c2ccnc(C=O)c2)cc1C(=O)O. The van der Waals surface area contributed by atoms with E-state index in [0.717, 1.165) is 0 Å². The number of aldehydes is 1. The first-order valence-corrected chi connectivity index (χ1v) is 4.83. The third-order valence-corrected chi connectivity index (χ3v) is 2.28. The highest BCUT2D eigenvalue weighted by molar-refractivity contribution is 5.88. The van der Waals surface area contributed by atoms with Gasteiger partial charge in [0.1, 0.15) is 11.3 Å². The number of aromatic nitrogens is 3. The molecule has 6 heteroatoms. The van der Waals surface area contributed by atoms with Crippen LogP contribution >= 0.6 is 0 Å². The highest BCUT2D eigenvalue weighted by atomic mass is 16.4. The molecule has 0 radical (unpaired) electrons. The monoisotopic (exact) mass is 231 g/mol. The zero-order chi connectivity index (χ0) is 12.4. The van der Waals surface area contributed by atoms with Crippen LogP contribution in [-0.4, -0.2) is 32.1 Å². The Bertz CT molecular complexity index is 589. The van der Waals surface area contributed by atoms with Crippen molar-refractivity contribution >= 4 is 12.3 Å². The zero-order valence-electron chi connectivity index (χ0n) is 8.99. The van der Waals surface area contributed by atoms with E-state index in [1.807, 2.05) is 0 Å². The second-order valence-electron chi connectivity index (χ2n) is 3.43. The van der Waals surface area contributed by atoms with Crippen molar-refractivity contribution in [2.24, 2.45) is 0 Å². The molecule has 0 spiro atoms. The molecule has 6 nitrogen and oxygen atoms in total. The Morgan fingerprint density at radius 2 is 2.29 bits per heavy atom. The lowest BCUT2D eigenvalue weighted by atomic mass is 10.3. The highest BCUT2D eigenvalue weighted by Crippen LogP contribution is 2.11. The van der Waals surface area contributed by atoms with Crippen LogP contribution in [0.3, 0.4) is 0 Å². The molecular weight excluding hydrogens is 222 g/mol. The minimum atomic E-state index is -1.03. The molecular formula is C11H9N3O3. The van der Waals surface area contributed by atoms with E-state index >= 15 is 0 Å². The summed E-state index contributed by atoms with van der Waals surface area (Å²) in [6.07, 6.45) is 3.50. The average Bonchev–Trinajstić information content (AvgIpc) is 2.71. The van der Waals surface area contributed by atoms with Gasteiger partial charge in [-0.1, -0.05) is 0 Å². The van der Waals surface area contributed by atoms with E-state index in [1.54, 1.807) is 13.0 Å². The van der Waals surface area contributed by atoms with Crippen molar-refractivity contribution in [2.75, 3.05) is 0 Å². The molecule has 17 heavy (non-hydrogen) atoms. The maximum absolute atomic E-state index is 10.9. The maximum atomic E-state index is 10.9. The lowest BCUT2D eigenvalue weighted by molar-refractivity contribution is 0.0696. The molecule has 2 heterocycles. The molecule has 2 aromatic heterocycles. The van der Waals surface area contributed by atoms with Gasteiger partial charge < -0.3 is 5.11 Å². The fourth-order valence-corrected chi connectivity index (χ4v) is 1.45. The molecule has 0 fully saturated rings. The lowest BCUT2D eigenvalue weighted by Crippen LogP contribution is -1.97. The molecule has 2 rings (SSSR count). The van der Waals surface area contributed by atoms with Crippen molar-refractivity contribution in [1.29, 1.82) is 0 Å². The van der Waals surface area contributed by atoms with Crippen LogP contribution in [0.15, 0.2) is 24.5 Å². The van der Waals surface area contributed by atoms with E-state index in [2.05, 4.69) is 10.1 Å². The quantitative estimate of drug-likeness (QED) is 0.799. The Hall–Kier alpha value is -2.50. The van der Waals surface area contributed by atoms with E-state index in [9.17, 15) is 9.59 Å². The zero-order valence-corrected chi connectivity index (χ0v) is 8.99. The molecule has 1 N–H and O–H groups in total. The third-order valence-electron chi connectivity index (χ3n) is 2.28. The number of hydrogen-bond acceptors (Lipinski definition) is 4. The van der Waals surface area contributed by atoms with Gasteiger partial charge in [0, 0.05) is 12.4 Å². The summed E-state index contributed by atoms with van der Waals surface area (Å²) in [5, 5.41) is 13.0. The first-order valence-electron chi connectivity index (χ1n) is 4.83. The molecule has 0 amide bonds. The predicted molar refractivity (Wildman–Crippen MR) is 58.4 cm³/mol. The molecule has 0 saturated heterocycles. The van der Waals surface area contributed by atoms with Crippen LogP contribution in [0.4, 0.5) is 0 Å². The standard InChI is InChI=1S/C11H9N3O3/c1-7-10(11(16)17)5-14(13-7)9-2-3-12-8(4-9)6-15/h2-6H,1H3,(H,16,17). The number of rotatable bonds is 3. The van der Waals surface area contributed by atoms with E-state index in [1.165, 1.54) is 23.1 Å². The first kappa shape index (κ1) is 11.0. The van der Waals surface area contributed by atoms with Gasteiger partial charge in [0.05, 0.1) is 11.4 Å². The Balaban J connectivity index is 2.49. The number of carbonyl (C=O) groups is 2. The normalized spacial score (nSPS) is 10.2. The molecule has 0 aliphatic carbocycles. The van der Waals surface area contributed by atoms with Gasteiger partial charge in [-0.2, -0.15) is 5.10 Å². The number of carbonyl (C=O) groups excluding carboxylic acids is 1. The average molecular weight is 231 g/mol. The lowest BCUT2D eigenvalue weighted by Gasteiger charge is -2.00. The van der Waals surface area contributed by atoms with Gasteiger partial charge in [0.15, 0.2) is 6.29 Å². The summed E-state index contributed by atoms with van der Waals surface area (Å²) in [6.45, 7) is 1.61. The van der Waals surface area contributed by atoms with Gasteiger partial charge in [-0.25, -0.2) is 9.48 Å². The van der Waals surface area contributed by atoms with Crippen molar-refractivity contribution in [3.8, 4) is 5.69 Å². The van der Waals surface area contributed by atoms with Crippen molar-refractivity contribution in [3.63, 3.8) is 0 Å². The largest absolute Gasteiger partial charge is 0.478 e. The van der Waals surface area contributed by atoms with Crippen LogP contribution in [0, 0.1) is 6.92 Å². The molecule has 0 atom stereocenters. The maximum Gasteiger partial charge on any atom is 0.339 e. The Morgan fingerprint density at radius 3 is 2.88 bits per heavy atom. The number of hydrogen-bond donors (Lipinski definition) is 1. The van der Waals surface area contributed by atoms with E-state index in [4.69, 9.17) is 5.11 Å². The summed E-state index contributed by atoms with van der Waals surface area (Å²) in [5.41, 5.74) is 1.42. The molecule has 0 bridgehead atoms. The van der Waals surface area contributed by atoms with Crippen molar-refractivity contribution in [2.45, 2.75) is 6.92 Å². The Labute approximate surface area is 96.5 Å². The number of nitrogens with zero attached hydrogens (tertiary/aromatic N) is 3. The van der Waals surface area contributed by atoms with E-state index in [-0.39, 0.29) is 11.3 Å². The molecule has 0 aromatic carbocycles. The van der Waals surface area contributed by atoms with Gasteiger partial charge >= 0.3 is 5.97 Å². The molecule has 0 aliphatic heterocycles. The number of aromatic carboxylic acids is 1. The van der Waals surface area contributed by atoms with Gasteiger partial charge in [0.25, 0.3) is 0 Å². The van der Waals surface area contributed by atoms with Crippen molar-refractivity contribution < 1.29 is 14.7 Å². The third kappa shape index (κ3) is 2.05. The van der Waals surface area contributed by atoms with Gasteiger partial charge in [0.2, 0.25) is 0 Å². The summed E-state index contributed by atoms with van der Waals surface area (Å²) >= 11 is 0. The second-order valence-corrected chi connectivity index (χ2v) is 3.43. The van der Waals surface area contributed by atoms with Crippen LogP contribution < -0.4 is 0 Å². The van der Waals surface area contributed by atoms with Crippen LogP contribution in [0.25, 0.3) is 5.69 Å². The summed E-state index contributed by atoms with van der Waals surface area (Å²) in [7, 11) is 0. The summed E-state index contributed by atoms with van der Waals surface area (Å²) in [4.78, 5) is 25.3. The van der Waals surface area contributed by atoms with Crippen LogP contribution in [0.5, 0.6) is 0 Å². The Kier molecular flexibility index (Phi) is 2.70. The highest BCUT2D eigenvalue weighted by Gasteiger charge is 2.12. The minimum absolute atomic E-state index is 0.134. The van der Waals surface area contributed by atoms with Gasteiger partial charge in [-0.05, 0) is 19.1 Å². The summed E-state index contributed by atoms with van der Waals surface area (Å²) in [6, 6.07) is 3.18. The van der Waals surface area contributed by atoms with Crippen molar-refractivity contribution in [3.05, 3.63) is 41.5 Å². The van der Waals surface area contributed by atoms with E-state index < -0.39 is 5.97 Å². The van der Waals surface area contributed by atoms with Crippen LogP contribution in [0.1, 0.15) is 26.5 Å².